The van der Waals surface area contributed by atoms with Gasteiger partial charge in [-0.25, -0.2) is 9.48 Å². The molecule has 0 radical (unpaired) electrons. The van der Waals surface area contributed by atoms with Crippen molar-refractivity contribution >= 4 is 23.7 Å². The lowest BCUT2D eigenvalue weighted by Crippen LogP contribution is -2.29. The largest absolute Gasteiger partial charge is 0.493 e. The molecule has 1 atom stereocenters. The second-order valence-corrected chi connectivity index (χ2v) is 8.99. The molecular weight excluding hydrogens is 452 g/mol. The summed E-state index contributed by atoms with van der Waals surface area (Å²) < 4.78 is 18.7. The van der Waals surface area contributed by atoms with Crippen molar-refractivity contribution in [1.29, 1.82) is 0 Å². The molecule has 0 bridgehead atoms. The third-order valence-electron chi connectivity index (χ3n) is 5.37. The molecule has 0 spiro atoms. The first kappa shape index (κ1) is 25.7. The summed E-state index contributed by atoms with van der Waals surface area (Å²) in [5, 5.41) is 8.63. The van der Waals surface area contributed by atoms with Crippen LogP contribution in [0.4, 0.5) is 5.95 Å². The second-order valence-electron chi connectivity index (χ2n) is 7.93. The summed E-state index contributed by atoms with van der Waals surface area (Å²) in [6, 6.07) is 5.17. The van der Waals surface area contributed by atoms with Crippen LogP contribution in [-0.4, -0.2) is 46.8 Å². The van der Waals surface area contributed by atoms with Crippen molar-refractivity contribution in [3.63, 3.8) is 0 Å². The number of fused-ring (bicyclic) bond motifs is 1. The summed E-state index contributed by atoms with van der Waals surface area (Å²) in [6.45, 7) is 10.5. The summed E-state index contributed by atoms with van der Waals surface area (Å²) in [7, 11) is 1.61. The fraction of sp³-hybridized carbons (Fsp3) is 0.480. The maximum Gasteiger partial charge on any atom is 0.338 e. The first-order valence-electron chi connectivity index (χ1n) is 11.7. The number of benzene rings is 1. The molecule has 0 saturated heterocycles. The Morgan fingerprint density at radius 1 is 1.26 bits per heavy atom. The highest BCUT2D eigenvalue weighted by Crippen LogP contribution is 2.40. The number of allylic oxidation sites excluding steroid dienone is 1. The van der Waals surface area contributed by atoms with E-state index in [4.69, 9.17) is 19.3 Å². The smallest absolute Gasteiger partial charge is 0.338 e. The number of nitrogens with zero attached hydrogens (tertiary/aromatic N) is 3. The minimum absolute atomic E-state index is 0.123. The van der Waals surface area contributed by atoms with Gasteiger partial charge in [-0.3, -0.25) is 0 Å². The van der Waals surface area contributed by atoms with Crippen LogP contribution in [0.1, 0.15) is 58.1 Å². The molecule has 3 rings (SSSR count). The van der Waals surface area contributed by atoms with Crippen LogP contribution in [-0.2, 0) is 9.53 Å². The lowest BCUT2D eigenvalue weighted by atomic mass is 9.95. The normalized spacial score (nSPS) is 14.9. The molecule has 1 aliphatic rings. The van der Waals surface area contributed by atoms with E-state index < -0.39 is 12.0 Å². The number of ether oxygens (including phenoxy) is 3. The maximum atomic E-state index is 13.1. The average Bonchev–Trinajstić information content (AvgIpc) is 3.24. The highest BCUT2D eigenvalue weighted by Gasteiger charge is 2.35. The number of rotatable bonds is 13. The van der Waals surface area contributed by atoms with Gasteiger partial charge < -0.3 is 19.5 Å². The number of unbranched alkanes of at least 4 members (excludes halogenated alkanes) is 2. The Labute approximate surface area is 205 Å². The molecule has 0 fully saturated rings. The highest BCUT2D eigenvalue weighted by molar-refractivity contribution is 7.99. The Balaban J connectivity index is 2.02. The van der Waals surface area contributed by atoms with Gasteiger partial charge in [0, 0.05) is 11.4 Å². The standard InChI is InChI=1S/C25H34N4O4S/c1-6-9-14-32-19-12-11-18(16-20(19)31-5)22-21(23(30)33-13-8-3)17(4)26-24-27-25(28-29(22)24)34-15-10-7-2/h8,11-12,16,22H,3,6-7,9-10,13-15H2,1-2,4-5H3,(H,26,27,28). The molecule has 1 unspecified atom stereocenters. The van der Waals surface area contributed by atoms with Gasteiger partial charge in [0.25, 0.3) is 0 Å². The van der Waals surface area contributed by atoms with E-state index in [9.17, 15) is 4.79 Å². The number of hydrogen-bond acceptors (Lipinski definition) is 8. The molecule has 184 valence electrons. The SMILES string of the molecule is C=CCOC(=O)C1=C(C)Nc2nc(SCCCC)nn2C1c1ccc(OCCCC)c(OC)c1. The predicted molar refractivity (Wildman–Crippen MR) is 135 cm³/mol. The van der Waals surface area contributed by atoms with Crippen LogP contribution >= 0.6 is 11.8 Å². The number of carbonyl (C=O) groups is 1. The summed E-state index contributed by atoms with van der Waals surface area (Å²) in [5.74, 6) is 2.35. The number of hydrogen-bond donors (Lipinski definition) is 1. The van der Waals surface area contributed by atoms with Crippen molar-refractivity contribution in [2.24, 2.45) is 0 Å². The third kappa shape index (κ3) is 5.94. The van der Waals surface area contributed by atoms with Crippen molar-refractivity contribution in [2.75, 3.05) is 31.4 Å². The minimum atomic E-state index is -0.528. The van der Waals surface area contributed by atoms with Gasteiger partial charge in [0.2, 0.25) is 11.1 Å². The summed E-state index contributed by atoms with van der Waals surface area (Å²) in [5.41, 5.74) is 1.96. The van der Waals surface area contributed by atoms with Crippen LogP contribution in [0.25, 0.3) is 0 Å². The van der Waals surface area contributed by atoms with Crippen LogP contribution < -0.4 is 14.8 Å². The highest BCUT2D eigenvalue weighted by atomic mass is 32.2. The first-order valence-corrected chi connectivity index (χ1v) is 12.7. The van der Waals surface area contributed by atoms with Crippen LogP contribution in [0.3, 0.4) is 0 Å². The van der Waals surface area contributed by atoms with Crippen LogP contribution in [0, 0.1) is 0 Å². The van der Waals surface area contributed by atoms with E-state index in [1.54, 1.807) is 29.6 Å². The molecule has 9 heteroatoms. The summed E-state index contributed by atoms with van der Waals surface area (Å²) in [6.07, 6.45) is 5.74. The lowest BCUT2D eigenvalue weighted by molar-refractivity contribution is -0.138. The van der Waals surface area contributed by atoms with E-state index in [1.165, 1.54) is 0 Å². The minimum Gasteiger partial charge on any atom is -0.493 e. The van der Waals surface area contributed by atoms with Crippen molar-refractivity contribution in [3.8, 4) is 11.5 Å². The van der Waals surface area contributed by atoms with Crippen LogP contribution in [0.2, 0.25) is 0 Å². The zero-order chi connectivity index (χ0) is 24.5. The van der Waals surface area contributed by atoms with E-state index in [-0.39, 0.29) is 6.61 Å². The Morgan fingerprint density at radius 3 is 2.76 bits per heavy atom. The van der Waals surface area contributed by atoms with Gasteiger partial charge >= 0.3 is 5.97 Å². The van der Waals surface area contributed by atoms with E-state index in [2.05, 4.69) is 30.7 Å². The molecule has 2 heterocycles. The number of anilines is 1. The molecule has 1 aliphatic heterocycles. The molecule has 8 nitrogen and oxygen atoms in total. The summed E-state index contributed by atoms with van der Waals surface area (Å²) >= 11 is 1.61. The Bertz CT molecular complexity index is 1030. The van der Waals surface area contributed by atoms with E-state index in [0.717, 1.165) is 37.0 Å². The molecule has 34 heavy (non-hydrogen) atoms. The predicted octanol–water partition coefficient (Wildman–Crippen LogP) is 5.38. The molecule has 0 aliphatic carbocycles. The number of carbonyl (C=O) groups excluding carboxylic acids is 1. The van der Waals surface area contributed by atoms with Crippen LogP contribution in [0.5, 0.6) is 11.5 Å². The van der Waals surface area contributed by atoms with Gasteiger partial charge in [-0.1, -0.05) is 57.2 Å². The second kappa shape index (κ2) is 12.5. The monoisotopic (exact) mass is 486 g/mol. The Kier molecular flexibility index (Phi) is 9.44. The van der Waals surface area contributed by atoms with Gasteiger partial charge in [0.1, 0.15) is 12.6 Å². The molecule has 1 N–H and O–H groups in total. The molecular formula is C25H34N4O4S. The zero-order valence-corrected chi connectivity index (χ0v) is 21.2. The number of methoxy groups -OCH3 is 1. The van der Waals surface area contributed by atoms with Gasteiger partial charge in [-0.15, -0.1) is 5.10 Å². The van der Waals surface area contributed by atoms with Crippen molar-refractivity contribution in [1.82, 2.24) is 14.8 Å². The van der Waals surface area contributed by atoms with E-state index >= 15 is 0 Å². The number of esters is 1. The quantitative estimate of drug-likeness (QED) is 0.175. The Morgan fingerprint density at radius 2 is 2.06 bits per heavy atom. The van der Waals surface area contributed by atoms with Gasteiger partial charge in [0.05, 0.1) is 19.3 Å². The Hall–Kier alpha value is -2.94. The molecule has 2 aromatic rings. The number of thioether (sulfide) groups is 1. The number of aromatic nitrogens is 3. The van der Waals surface area contributed by atoms with Crippen molar-refractivity contribution in [3.05, 3.63) is 47.7 Å². The average molecular weight is 487 g/mol. The van der Waals surface area contributed by atoms with Gasteiger partial charge in [0.15, 0.2) is 11.5 Å². The first-order chi connectivity index (χ1) is 16.5. The molecule has 0 saturated carbocycles. The fourth-order valence-corrected chi connectivity index (χ4v) is 4.50. The van der Waals surface area contributed by atoms with E-state index in [1.807, 2.05) is 25.1 Å². The topological polar surface area (TPSA) is 87.5 Å². The molecule has 1 aromatic heterocycles. The van der Waals surface area contributed by atoms with E-state index in [0.29, 0.717) is 40.5 Å². The van der Waals surface area contributed by atoms with Gasteiger partial charge in [-0.2, -0.15) is 4.98 Å². The lowest BCUT2D eigenvalue weighted by Gasteiger charge is -2.28. The third-order valence-corrected chi connectivity index (χ3v) is 6.30. The fourth-order valence-electron chi connectivity index (χ4n) is 3.59. The maximum absolute atomic E-state index is 13.1. The van der Waals surface area contributed by atoms with Crippen LogP contribution in [0.15, 0.2) is 47.3 Å². The van der Waals surface area contributed by atoms with Gasteiger partial charge in [-0.05, 0) is 37.5 Å². The van der Waals surface area contributed by atoms with Crippen molar-refractivity contribution < 1.29 is 19.0 Å². The zero-order valence-electron chi connectivity index (χ0n) is 20.4. The van der Waals surface area contributed by atoms with Crippen molar-refractivity contribution in [2.45, 2.75) is 57.7 Å². The molecule has 1 aromatic carbocycles. The molecule has 0 amide bonds. The summed E-state index contributed by atoms with van der Waals surface area (Å²) in [4.78, 5) is 17.7. The number of nitrogens with one attached hydrogen (secondary N) is 1.